The quantitative estimate of drug-likeness (QED) is 0.418. The third-order valence-electron chi connectivity index (χ3n) is 5.39. The van der Waals surface area contributed by atoms with Crippen LogP contribution in [0.5, 0.6) is 0 Å². The summed E-state index contributed by atoms with van der Waals surface area (Å²) in [4.78, 5) is 35.3. The molecule has 0 atom stereocenters. The first-order chi connectivity index (χ1) is 16.0. The second kappa shape index (κ2) is 9.99. The Hall–Kier alpha value is -4.13. The fourth-order valence-corrected chi connectivity index (χ4v) is 3.92. The highest BCUT2D eigenvalue weighted by atomic mass is 16.6. The number of ether oxygens (including phenoxy) is 2. The minimum absolute atomic E-state index is 0.0104. The SMILES string of the molecule is CC(=O)Nc1ccc(C(=O)OCCNC(=O)OCC2c3ccccc3-c3ccccc32)cc1. The molecule has 2 amide bonds. The molecular formula is C26H24N2O5. The van der Waals surface area contributed by atoms with E-state index in [0.29, 0.717) is 11.3 Å². The van der Waals surface area contributed by atoms with Crippen molar-refractivity contribution in [3.05, 3.63) is 89.5 Å². The lowest BCUT2D eigenvalue weighted by molar-refractivity contribution is -0.114. The second-order valence-electron chi connectivity index (χ2n) is 7.65. The van der Waals surface area contributed by atoms with E-state index in [0.717, 1.165) is 11.1 Å². The number of esters is 1. The van der Waals surface area contributed by atoms with Gasteiger partial charge in [-0.05, 0) is 46.5 Å². The van der Waals surface area contributed by atoms with Crippen LogP contribution in [0.1, 0.15) is 34.3 Å². The topological polar surface area (TPSA) is 93.7 Å². The molecule has 7 nitrogen and oxygen atoms in total. The average molecular weight is 444 g/mol. The molecule has 0 saturated heterocycles. The molecule has 2 N–H and O–H groups in total. The summed E-state index contributed by atoms with van der Waals surface area (Å²) in [6, 6.07) is 22.6. The Morgan fingerprint density at radius 1 is 0.818 bits per heavy atom. The highest BCUT2D eigenvalue weighted by Gasteiger charge is 2.28. The van der Waals surface area contributed by atoms with Gasteiger partial charge in [-0.25, -0.2) is 9.59 Å². The summed E-state index contributed by atoms with van der Waals surface area (Å²) in [6.07, 6.45) is -0.562. The number of rotatable bonds is 7. The molecule has 0 radical (unpaired) electrons. The van der Waals surface area contributed by atoms with Crippen LogP contribution in [-0.2, 0) is 14.3 Å². The van der Waals surface area contributed by atoms with Crippen molar-refractivity contribution in [3.63, 3.8) is 0 Å². The minimum Gasteiger partial charge on any atom is -0.460 e. The lowest BCUT2D eigenvalue weighted by Crippen LogP contribution is -2.29. The first-order valence-corrected chi connectivity index (χ1v) is 10.7. The van der Waals surface area contributed by atoms with Crippen molar-refractivity contribution in [1.82, 2.24) is 5.32 Å². The van der Waals surface area contributed by atoms with Crippen molar-refractivity contribution >= 4 is 23.7 Å². The molecule has 0 spiro atoms. The van der Waals surface area contributed by atoms with Crippen LogP contribution in [0.15, 0.2) is 72.8 Å². The molecule has 168 valence electrons. The Balaban J connectivity index is 1.22. The first kappa shape index (κ1) is 22.1. The number of fused-ring (bicyclic) bond motifs is 3. The van der Waals surface area contributed by atoms with Crippen molar-refractivity contribution in [2.75, 3.05) is 25.1 Å². The van der Waals surface area contributed by atoms with E-state index in [9.17, 15) is 14.4 Å². The number of anilines is 1. The third-order valence-corrected chi connectivity index (χ3v) is 5.39. The van der Waals surface area contributed by atoms with Crippen molar-refractivity contribution < 1.29 is 23.9 Å². The molecule has 0 aliphatic heterocycles. The van der Waals surface area contributed by atoms with E-state index in [4.69, 9.17) is 9.47 Å². The van der Waals surface area contributed by atoms with E-state index in [1.807, 2.05) is 24.3 Å². The van der Waals surface area contributed by atoms with E-state index in [-0.39, 0.29) is 31.6 Å². The van der Waals surface area contributed by atoms with Crippen molar-refractivity contribution in [2.24, 2.45) is 0 Å². The summed E-state index contributed by atoms with van der Waals surface area (Å²) in [5, 5.41) is 5.23. The molecule has 0 unspecified atom stereocenters. The van der Waals surface area contributed by atoms with Gasteiger partial charge in [0.15, 0.2) is 0 Å². The number of carbonyl (C=O) groups is 3. The predicted octanol–water partition coefficient (Wildman–Crippen LogP) is 4.34. The van der Waals surface area contributed by atoms with Crippen LogP contribution >= 0.6 is 0 Å². The minimum atomic E-state index is -0.562. The van der Waals surface area contributed by atoms with E-state index in [1.165, 1.54) is 18.1 Å². The number of carbonyl (C=O) groups excluding carboxylic acids is 3. The Morgan fingerprint density at radius 3 is 2.03 bits per heavy atom. The molecule has 0 heterocycles. The van der Waals surface area contributed by atoms with Gasteiger partial charge in [0, 0.05) is 18.5 Å². The van der Waals surface area contributed by atoms with Crippen LogP contribution in [0.2, 0.25) is 0 Å². The van der Waals surface area contributed by atoms with E-state index in [1.54, 1.807) is 24.3 Å². The molecule has 3 aromatic carbocycles. The largest absolute Gasteiger partial charge is 0.460 e. The molecule has 1 aliphatic rings. The average Bonchev–Trinajstić information content (AvgIpc) is 3.14. The summed E-state index contributed by atoms with van der Waals surface area (Å²) in [5.41, 5.74) is 5.56. The zero-order chi connectivity index (χ0) is 23.2. The van der Waals surface area contributed by atoms with Crippen LogP contribution in [0.3, 0.4) is 0 Å². The molecule has 0 fully saturated rings. The molecule has 0 bridgehead atoms. The molecule has 0 saturated carbocycles. The molecule has 1 aliphatic carbocycles. The zero-order valence-electron chi connectivity index (χ0n) is 18.2. The Labute approximate surface area is 191 Å². The van der Waals surface area contributed by atoms with Crippen LogP contribution in [0, 0.1) is 0 Å². The molecule has 3 aromatic rings. The summed E-state index contributed by atoms with van der Waals surface area (Å²) < 4.78 is 10.6. The van der Waals surface area contributed by atoms with Gasteiger partial charge >= 0.3 is 12.1 Å². The number of amides is 2. The zero-order valence-corrected chi connectivity index (χ0v) is 18.2. The molecule has 33 heavy (non-hydrogen) atoms. The highest BCUT2D eigenvalue weighted by molar-refractivity contribution is 5.92. The Morgan fingerprint density at radius 2 is 1.42 bits per heavy atom. The van der Waals surface area contributed by atoms with Gasteiger partial charge in [-0.3, -0.25) is 4.79 Å². The molecular weight excluding hydrogens is 420 g/mol. The highest BCUT2D eigenvalue weighted by Crippen LogP contribution is 2.44. The molecule has 7 heteroatoms. The van der Waals surface area contributed by atoms with Crippen LogP contribution in [-0.4, -0.2) is 37.7 Å². The van der Waals surface area contributed by atoms with E-state index >= 15 is 0 Å². The lowest BCUT2D eigenvalue weighted by atomic mass is 9.98. The van der Waals surface area contributed by atoms with Crippen LogP contribution < -0.4 is 10.6 Å². The number of benzene rings is 3. The van der Waals surface area contributed by atoms with Gasteiger partial charge in [0.2, 0.25) is 5.91 Å². The van der Waals surface area contributed by atoms with Gasteiger partial charge in [-0.1, -0.05) is 48.5 Å². The van der Waals surface area contributed by atoms with Gasteiger partial charge in [-0.15, -0.1) is 0 Å². The standard InChI is InChI=1S/C26H24N2O5/c1-17(29)28-19-12-10-18(11-13-19)25(30)32-15-14-27-26(31)33-16-24-22-8-4-2-6-20(22)21-7-3-5-9-23(21)24/h2-13,24H,14-16H2,1H3,(H,27,31)(H,28,29). The lowest BCUT2D eigenvalue weighted by Gasteiger charge is -2.14. The molecule has 4 rings (SSSR count). The molecule has 0 aromatic heterocycles. The first-order valence-electron chi connectivity index (χ1n) is 10.7. The normalized spacial score (nSPS) is 11.8. The number of nitrogens with one attached hydrogen (secondary N) is 2. The third kappa shape index (κ3) is 5.20. The van der Waals surface area contributed by atoms with Gasteiger partial charge in [-0.2, -0.15) is 0 Å². The number of hydrogen-bond acceptors (Lipinski definition) is 5. The fraction of sp³-hybridized carbons (Fsp3) is 0.192. The smallest absolute Gasteiger partial charge is 0.407 e. The van der Waals surface area contributed by atoms with E-state index in [2.05, 4.69) is 34.9 Å². The monoisotopic (exact) mass is 444 g/mol. The number of hydrogen-bond donors (Lipinski definition) is 2. The Bertz CT molecular complexity index is 1130. The summed E-state index contributed by atoms with van der Waals surface area (Å²) >= 11 is 0. The van der Waals surface area contributed by atoms with Gasteiger partial charge in [0.25, 0.3) is 0 Å². The maximum atomic E-state index is 12.2. The van der Waals surface area contributed by atoms with Crippen molar-refractivity contribution in [1.29, 1.82) is 0 Å². The van der Waals surface area contributed by atoms with Crippen LogP contribution in [0.25, 0.3) is 11.1 Å². The Kier molecular flexibility index (Phi) is 6.69. The maximum absolute atomic E-state index is 12.2. The summed E-state index contributed by atoms with van der Waals surface area (Å²) in [5.74, 6) is -0.718. The van der Waals surface area contributed by atoms with Crippen molar-refractivity contribution in [3.8, 4) is 11.1 Å². The van der Waals surface area contributed by atoms with Crippen molar-refractivity contribution in [2.45, 2.75) is 12.8 Å². The summed E-state index contributed by atoms with van der Waals surface area (Å²) in [7, 11) is 0. The van der Waals surface area contributed by atoms with Crippen LogP contribution in [0.4, 0.5) is 10.5 Å². The van der Waals surface area contributed by atoms with Gasteiger partial charge in [0.05, 0.1) is 12.1 Å². The van der Waals surface area contributed by atoms with Gasteiger partial charge < -0.3 is 20.1 Å². The second-order valence-corrected chi connectivity index (χ2v) is 7.65. The summed E-state index contributed by atoms with van der Waals surface area (Å²) in [6.45, 7) is 1.77. The maximum Gasteiger partial charge on any atom is 0.407 e. The fourth-order valence-electron chi connectivity index (χ4n) is 3.92. The number of alkyl carbamates (subject to hydrolysis) is 1. The predicted molar refractivity (Wildman–Crippen MR) is 124 cm³/mol. The van der Waals surface area contributed by atoms with E-state index < -0.39 is 12.1 Å². The van der Waals surface area contributed by atoms with Gasteiger partial charge in [0.1, 0.15) is 13.2 Å².